The summed E-state index contributed by atoms with van der Waals surface area (Å²) >= 11 is 0. The molecule has 0 heterocycles. The summed E-state index contributed by atoms with van der Waals surface area (Å²) in [5.74, 6) is 0.696. The zero-order valence-corrected chi connectivity index (χ0v) is 15.0. The van der Waals surface area contributed by atoms with Gasteiger partial charge in [0, 0.05) is 18.8 Å². The van der Waals surface area contributed by atoms with E-state index in [1.54, 1.807) is 36.4 Å². The second kappa shape index (κ2) is 8.00. The van der Waals surface area contributed by atoms with Crippen molar-refractivity contribution in [2.75, 3.05) is 33.1 Å². The monoisotopic (exact) mass is 364 g/mol. The highest BCUT2D eigenvalue weighted by molar-refractivity contribution is 7.89. The summed E-state index contributed by atoms with van der Waals surface area (Å²) in [6, 6.07) is 12.8. The first kappa shape index (κ1) is 18.8. The van der Waals surface area contributed by atoms with E-state index in [-0.39, 0.29) is 11.4 Å². The number of hydrogen-bond donors (Lipinski definition) is 1. The van der Waals surface area contributed by atoms with E-state index in [9.17, 15) is 13.2 Å². The maximum Gasteiger partial charge on any atom is 0.243 e. The van der Waals surface area contributed by atoms with Gasteiger partial charge in [-0.3, -0.25) is 4.79 Å². The molecule has 0 saturated heterocycles. The average molecular weight is 364 g/mol. The summed E-state index contributed by atoms with van der Waals surface area (Å²) in [6.07, 6.45) is 0. The zero-order chi connectivity index (χ0) is 18.4. The molecule has 0 bridgehead atoms. The fraction of sp³-hybridized carbons (Fsp3) is 0.235. The normalized spacial score (nSPS) is 11.2. The molecule has 2 aromatic carbocycles. The predicted octanol–water partition coefficient (Wildman–Crippen LogP) is 1.96. The van der Waals surface area contributed by atoms with Crippen LogP contribution in [0, 0.1) is 0 Å². The number of likely N-dealkylation sites (N-methyl/N-ethyl adjacent to an activating group) is 1. The smallest absolute Gasteiger partial charge is 0.243 e. The lowest BCUT2D eigenvalue weighted by Crippen LogP contribution is -2.34. The van der Waals surface area contributed by atoms with E-state index >= 15 is 0 Å². The Kier molecular flexibility index (Phi) is 6.00. The molecule has 1 amide bonds. The number of benzene rings is 2. The number of anilines is 1. The molecular weight excluding hydrogens is 344 g/mol. The van der Waals surface area contributed by atoms with Crippen LogP contribution in [0.25, 0.3) is 0 Å². The van der Waals surface area contributed by atoms with E-state index in [1.807, 2.05) is 0 Å². The van der Waals surface area contributed by atoms with E-state index in [0.717, 1.165) is 4.31 Å². The molecule has 0 fully saturated rings. The first-order valence-electron chi connectivity index (χ1n) is 7.41. The molecule has 0 saturated carbocycles. The van der Waals surface area contributed by atoms with Crippen LogP contribution in [0.3, 0.4) is 0 Å². The molecule has 0 aliphatic rings. The number of hydrogen-bond acceptors (Lipinski definition) is 5. The highest BCUT2D eigenvalue weighted by Gasteiger charge is 2.23. The van der Waals surface area contributed by atoms with Crippen LogP contribution < -0.4 is 14.8 Å². The first-order valence-corrected chi connectivity index (χ1v) is 8.85. The van der Waals surface area contributed by atoms with Gasteiger partial charge in [-0.05, 0) is 36.4 Å². The van der Waals surface area contributed by atoms with E-state index in [0.29, 0.717) is 17.2 Å². The van der Waals surface area contributed by atoms with Crippen molar-refractivity contribution < 1.29 is 22.7 Å². The summed E-state index contributed by atoms with van der Waals surface area (Å²) in [7, 11) is 0.603. The van der Waals surface area contributed by atoms with Gasteiger partial charge in [-0.1, -0.05) is 6.07 Å². The van der Waals surface area contributed by atoms with Crippen molar-refractivity contribution >= 4 is 21.6 Å². The van der Waals surface area contributed by atoms with Crippen LogP contribution in [-0.2, 0) is 14.8 Å². The summed E-state index contributed by atoms with van der Waals surface area (Å²) in [4.78, 5) is 12.2. The Morgan fingerprint density at radius 1 is 1.04 bits per heavy atom. The minimum atomic E-state index is -3.77. The maximum atomic E-state index is 12.5. The number of carbonyl (C=O) groups excluding carboxylic acids is 1. The van der Waals surface area contributed by atoms with Gasteiger partial charge in [0.05, 0.1) is 25.7 Å². The van der Waals surface area contributed by atoms with Gasteiger partial charge in [0.1, 0.15) is 11.5 Å². The van der Waals surface area contributed by atoms with Crippen LogP contribution in [0.4, 0.5) is 5.69 Å². The third-order valence-corrected chi connectivity index (χ3v) is 5.30. The van der Waals surface area contributed by atoms with Gasteiger partial charge in [0.15, 0.2) is 0 Å². The predicted molar refractivity (Wildman–Crippen MR) is 94.4 cm³/mol. The third kappa shape index (κ3) is 4.71. The van der Waals surface area contributed by atoms with Crippen LogP contribution in [0.15, 0.2) is 53.4 Å². The molecule has 7 nitrogen and oxygen atoms in total. The number of nitrogens with zero attached hydrogens (tertiary/aromatic N) is 1. The van der Waals surface area contributed by atoms with Crippen LogP contribution in [-0.4, -0.2) is 46.4 Å². The minimum Gasteiger partial charge on any atom is -0.497 e. The Hall–Kier alpha value is -2.58. The van der Waals surface area contributed by atoms with Crippen molar-refractivity contribution in [3.8, 4) is 11.5 Å². The van der Waals surface area contributed by atoms with Crippen LogP contribution in [0.5, 0.6) is 11.5 Å². The third-order valence-electron chi connectivity index (χ3n) is 3.49. The second-order valence-electron chi connectivity index (χ2n) is 5.22. The number of rotatable bonds is 7. The number of nitrogens with one attached hydrogen (secondary N) is 1. The molecule has 0 radical (unpaired) electrons. The van der Waals surface area contributed by atoms with E-state index in [1.165, 1.54) is 33.4 Å². The first-order chi connectivity index (χ1) is 11.9. The van der Waals surface area contributed by atoms with Gasteiger partial charge in [-0.25, -0.2) is 8.42 Å². The zero-order valence-electron chi connectivity index (χ0n) is 14.2. The lowest BCUT2D eigenvalue weighted by Gasteiger charge is -2.17. The highest BCUT2D eigenvalue weighted by Crippen LogP contribution is 2.19. The number of sulfonamides is 1. The highest BCUT2D eigenvalue weighted by atomic mass is 32.2. The summed E-state index contributed by atoms with van der Waals surface area (Å²) < 4.78 is 36.1. The Labute approximate surface area is 147 Å². The minimum absolute atomic E-state index is 0.0879. The molecule has 2 aromatic rings. The number of amides is 1. The molecule has 134 valence electrons. The Morgan fingerprint density at radius 2 is 1.68 bits per heavy atom. The van der Waals surface area contributed by atoms with Gasteiger partial charge in [0.2, 0.25) is 15.9 Å². The molecule has 25 heavy (non-hydrogen) atoms. The summed E-state index contributed by atoms with van der Waals surface area (Å²) in [6.45, 7) is -0.314. The van der Waals surface area contributed by atoms with Crippen molar-refractivity contribution in [1.82, 2.24) is 4.31 Å². The lowest BCUT2D eigenvalue weighted by molar-refractivity contribution is -0.116. The number of carbonyl (C=O) groups is 1. The molecule has 1 N–H and O–H groups in total. The second-order valence-corrected chi connectivity index (χ2v) is 7.26. The fourth-order valence-corrected chi connectivity index (χ4v) is 3.24. The largest absolute Gasteiger partial charge is 0.497 e. The van der Waals surface area contributed by atoms with Gasteiger partial charge in [0.25, 0.3) is 0 Å². The average Bonchev–Trinajstić information content (AvgIpc) is 2.61. The molecule has 0 spiro atoms. The molecule has 0 aromatic heterocycles. The Balaban J connectivity index is 2.05. The van der Waals surface area contributed by atoms with Crippen molar-refractivity contribution in [1.29, 1.82) is 0 Å². The van der Waals surface area contributed by atoms with Crippen LogP contribution in [0.2, 0.25) is 0 Å². The molecule has 0 aliphatic carbocycles. The topological polar surface area (TPSA) is 84.9 Å². The van der Waals surface area contributed by atoms with Gasteiger partial charge in [-0.2, -0.15) is 4.31 Å². The van der Waals surface area contributed by atoms with E-state index in [2.05, 4.69) is 5.32 Å². The Morgan fingerprint density at radius 3 is 2.28 bits per heavy atom. The van der Waals surface area contributed by atoms with Gasteiger partial charge < -0.3 is 14.8 Å². The SMILES string of the molecule is COc1ccc(S(=O)(=O)N(C)CC(=O)Nc2cccc(OC)c2)cc1. The van der Waals surface area contributed by atoms with Gasteiger partial charge in [-0.15, -0.1) is 0 Å². The van der Waals surface area contributed by atoms with E-state index < -0.39 is 15.9 Å². The lowest BCUT2D eigenvalue weighted by atomic mass is 10.3. The van der Waals surface area contributed by atoms with Crippen molar-refractivity contribution in [2.45, 2.75) is 4.90 Å². The number of ether oxygens (including phenoxy) is 2. The number of methoxy groups -OCH3 is 2. The molecule has 0 atom stereocenters. The molecule has 2 rings (SSSR count). The quantitative estimate of drug-likeness (QED) is 0.812. The van der Waals surface area contributed by atoms with Crippen LogP contribution >= 0.6 is 0 Å². The Bertz CT molecular complexity index is 834. The molecule has 0 unspecified atom stereocenters. The molecular formula is C17H20N2O5S. The summed E-state index contributed by atoms with van der Waals surface area (Å²) in [5, 5.41) is 2.64. The van der Waals surface area contributed by atoms with Crippen molar-refractivity contribution in [2.24, 2.45) is 0 Å². The maximum absolute atomic E-state index is 12.5. The van der Waals surface area contributed by atoms with Crippen molar-refractivity contribution in [3.63, 3.8) is 0 Å². The fourth-order valence-electron chi connectivity index (χ4n) is 2.12. The summed E-state index contributed by atoms with van der Waals surface area (Å²) in [5.41, 5.74) is 0.527. The van der Waals surface area contributed by atoms with Crippen LogP contribution in [0.1, 0.15) is 0 Å². The standard InChI is InChI=1S/C17H20N2O5S/c1-19(25(21,22)16-9-7-14(23-2)8-10-16)12-17(20)18-13-5-4-6-15(11-13)24-3/h4-11H,12H2,1-3H3,(H,18,20). The van der Waals surface area contributed by atoms with Gasteiger partial charge >= 0.3 is 0 Å². The molecule has 0 aliphatic heterocycles. The van der Waals surface area contributed by atoms with E-state index in [4.69, 9.17) is 9.47 Å². The van der Waals surface area contributed by atoms with Crippen molar-refractivity contribution in [3.05, 3.63) is 48.5 Å². The molecule has 8 heteroatoms.